The molecule has 0 aliphatic heterocycles. The monoisotopic (exact) mass is 347 g/mol. The molecule has 0 heterocycles. The van der Waals surface area contributed by atoms with Gasteiger partial charge in [0, 0.05) is 25.9 Å². The van der Waals surface area contributed by atoms with Crippen molar-refractivity contribution in [2.75, 3.05) is 5.32 Å². The first-order valence-corrected chi connectivity index (χ1v) is 8.16. The second-order valence-electron chi connectivity index (χ2n) is 4.84. The molecule has 1 N–H and O–H groups in total. The average Bonchev–Trinajstić information content (AvgIpc) is 3.28. The number of nitrogens with one attached hydrogen (secondary N) is 1. The van der Waals surface area contributed by atoms with Gasteiger partial charge in [0.1, 0.15) is 0 Å². The topological polar surface area (TPSA) is 29.1 Å². The Balaban J connectivity index is 1.63. The Morgan fingerprint density at radius 3 is 2.10 bits per heavy atom. The van der Waals surface area contributed by atoms with Gasteiger partial charge in [-0.05, 0) is 61.4 Å². The molecule has 4 heteroatoms. The largest absolute Gasteiger partial charge is 0.326 e. The van der Waals surface area contributed by atoms with Crippen molar-refractivity contribution in [1.82, 2.24) is 0 Å². The number of anilines is 1. The molecule has 1 saturated carbocycles. The number of carbonyl (C=O) groups excluding carboxylic acids is 1. The molecule has 0 atom stereocenters. The lowest BCUT2D eigenvalue weighted by Crippen LogP contribution is -2.12. The van der Waals surface area contributed by atoms with Crippen LogP contribution in [0.2, 0.25) is 0 Å². The van der Waals surface area contributed by atoms with Gasteiger partial charge in [-0.3, -0.25) is 4.79 Å². The highest BCUT2D eigenvalue weighted by Crippen LogP contribution is 2.31. The van der Waals surface area contributed by atoms with Crippen LogP contribution in [0.3, 0.4) is 0 Å². The maximum Gasteiger partial charge on any atom is 0.227 e. The summed E-state index contributed by atoms with van der Waals surface area (Å²) in [5.74, 6) is 0.394. The van der Waals surface area contributed by atoms with Crippen LogP contribution in [0.1, 0.15) is 12.8 Å². The quantitative estimate of drug-likeness (QED) is 0.847. The lowest BCUT2D eigenvalue weighted by atomic mass is 10.3. The number of amides is 1. The summed E-state index contributed by atoms with van der Waals surface area (Å²) in [6.07, 6.45) is 2.06. The Labute approximate surface area is 131 Å². The molecule has 3 rings (SSSR count). The summed E-state index contributed by atoms with van der Waals surface area (Å²) in [6, 6.07) is 16.2. The van der Waals surface area contributed by atoms with Crippen LogP contribution in [0, 0.1) is 5.92 Å². The highest BCUT2D eigenvalue weighted by Gasteiger charge is 2.29. The number of hydrogen-bond donors (Lipinski definition) is 1. The first-order valence-electron chi connectivity index (χ1n) is 6.55. The molecule has 1 amide bonds. The van der Waals surface area contributed by atoms with E-state index in [0.29, 0.717) is 0 Å². The summed E-state index contributed by atoms with van der Waals surface area (Å²) in [5.41, 5.74) is 0.877. The fourth-order valence-corrected chi connectivity index (χ4v) is 2.92. The van der Waals surface area contributed by atoms with Crippen molar-refractivity contribution in [3.8, 4) is 0 Å². The summed E-state index contributed by atoms with van der Waals surface area (Å²) in [7, 11) is 0. The Morgan fingerprint density at radius 2 is 1.55 bits per heavy atom. The van der Waals surface area contributed by atoms with Crippen LogP contribution in [0.15, 0.2) is 62.8 Å². The molecule has 0 saturated heterocycles. The molecule has 0 spiro atoms. The van der Waals surface area contributed by atoms with Crippen molar-refractivity contribution in [1.29, 1.82) is 0 Å². The van der Waals surface area contributed by atoms with E-state index in [2.05, 4.69) is 33.4 Å². The Kier molecular flexibility index (Phi) is 4.13. The van der Waals surface area contributed by atoms with Crippen molar-refractivity contribution < 1.29 is 4.79 Å². The third-order valence-corrected chi connectivity index (χ3v) is 4.66. The van der Waals surface area contributed by atoms with Crippen LogP contribution in [0.25, 0.3) is 0 Å². The number of carbonyl (C=O) groups is 1. The number of hydrogen-bond acceptors (Lipinski definition) is 2. The molecular formula is C16H14BrNOS. The predicted molar refractivity (Wildman–Crippen MR) is 86.1 cm³/mol. The fourth-order valence-electron chi connectivity index (χ4n) is 1.83. The van der Waals surface area contributed by atoms with Crippen LogP contribution in [-0.4, -0.2) is 5.91 Å². The molecule has 2 nitrogen and oxygen atoms in total. The molecule has 2 aromatic rings. The maximum absolute atomic E-state index is 11.7. The minimum Gasteiger partial charge on any atom is -0.326 e. The first kappa shape index (κ1) is 13.7. The molecule has 102 valence electrons. The van der Waals surface area contributed by atoms with Crippen LogP contribution in [-0.2, 0) is 4.79 Å². The van der Waals surface area contributed by atoms with Gasteiger partial charge in [-0.25, -0.2) is 0 Å². The zero-order valence-corrected chi connectivity index (χ0v) is 13.2. The van der Waals surface area contributed by atoms with Crippen molar-refractivity contribution in [2.24, 2.45) is 5.92 Å². The van der Waals surface area contributed by atoms with Gasteiger partial charge in [-0.2, -0.15) is 0 Å². The van der Waals surface area contributed by atoms with E-state index in [0.717, 1.165) is 27.9 Å². The molecule has 0 radical (unpaired) electrons. The summed E-state index contributed by atoms with van der Waals surface area (Å²) in [5, 5.41) is 2.95. The minimum absolute atomic E-state index is 0.151. The number of rotatable bonds is 4. The van der Waals surface area contributed by atoms with Gasteiger partial charge in [0.2, 0.25) is 5.91 Å². The van der Waals surface area contributed by atoms with Gasteiger partial charge in [-0.1, -0.05) is 27.7 Å². The lowest BCUT2D eigenvalue weighted by Gasteiger charge is -2.06. The molecule has 0 unspecified atom stereocenters. The Morgan fingerprint density at radius 1 is 1.00 bits per heavy atom. The molecule has 1 aliphatic carbocycles. The lowest BCUT2D eigenvalue weighted by molar-refractivity contribution is -0.117. The van der Waals surface area contributed by atoms with Crippen LogP contribution in [0.5, 0.6) is 0 Å². The van der Waals surface area contributed by atoms with Crippen molar-refractivity contribution in [3.05, 3.63) is 53.0 Å². The van der Waals surface area contributed by atoms with Gasteiger partial charge in [-0.15, -0.1) is 0 Å². The second-order valence-corrected chi connectivity index (χ2v) is 6.91. The molecule has 1 fully saturated rings. The molecule has 20 heavy (non-hydrogen) atoms. The maximum atomic E-state index is 11.7. The Bertz CT molecular complexity index is 605. The number of benzene rings is 2. The molecule has 2 aromatic carbocycles. The summed E-state index contributed by atoms with van der Waals surface area (Å²) in [4.78, 5) is 14.0. The van der Waals surface area contributed by atoms with E-state index in [1.807, 2.05) is 36.4 Å². The minimum atomic E-state index is 0.151. The fraction of sp³-hybridized carbons (Fsp3) is 0.188. The summed E-state index contributed by atoms with van der Waals surface area (Å²) in [6.45, 7) is 0. The number of halogens is 1. The first-order chi connectivity index (χ1) is 9.70. The van der Waals surface area contributed by atoms with E-state index >= 15 is 0 Å². The third-order valence-electron chi connectivity index (χ3n) is 3.12. The predicted octanol–water partition coefficient (Wildman–Crippen LogP) is 4.95. The van der Waals surface area contributed by atoms with E-state index in [1.54, 1.807) is 11.8 Å². The standard InChI is InChI=1S/C16H14BrNOS/c17-12-3-7-14(8-4-12)20-15-9-5-13(6-10-15)18-16(19)11-1-2-11/h3-11H,1-2H2,(H,18,19). The van der Waals surface area contributed by atoms with Gasteiger partial charge in [0.15, 0.2) is 0 Å². The smallest absolute Gasteiger partial charge is 0.227 e. The van der Waals surface area contributed by atoms with Crippen molar-refractivity contribution >= 4 is 39.3 Å². The van der Waals surface area contributed by atoms with Gasteiger partial charge < -0.3 is 5.32 Å². The SMILES string of the molecule is O=C(Nc1ccc(Sc2ccc(Br)cc2)cc1)C1CC1. The molecular weight excluding hydrogens is 334 g/mol. The molecule has 0 aromatic heterocycles. The van der Waals surface area contributed by atoms with Crippen LogP contribution in [0.4, 0.5) is 5.69 Å². The van der Waals surface area contributed by atoms with Crippen molar-refractivity contribution in [2.45, 2.75) is 22.6 Å². The van der Waals surface area contributed by atoms with Crippen molar-refractivity contribution in [3.63, 3.8) is 0 Å². The van der Waals surface area contributed by atoms with E-state index in [-0.39, 0.29) is 11.8 Å². The van der Waals surface area contributed by atoms with E-state index in [1.165, 1.54) is 4.90 Å². The summed E-state index contributed by atoms with van der Waals surface area (Å²) >= 11 is 5.14. The third kappa shape index (κ3) is 3.64. The highest BCUT2D eigenvalue weighted by molar-refractivity contribution is 9.10. The van der Waals surface area contributed by atoms with Gasteiger partial charge in [0.05, 0.1) is 0 Å². The molecule has 1 aliphatic rings. The van der Waals surface area contributed by atoms with E-state index < -0.39 is 0 Å². The average molecular weight is 348 g/mol. The highest BCUT2D eigenvalue weighted by atomic mass is 79.9. The Hall–Kier alpha value is -1.26. The zero-order valence-electron chi connectivity index (χ0n) is 10.8. The van der Waals surface area contributed by atoms with Crippen LogP contribution < -0.4 is 5.32 Å². The zero-order chi connectivity index (χ0) is 13.9. The van der Waals surface area contributed by atoms with E-state index in [9.17, 15) is 4.79 Å². The van der Waals surface area contributed by atoms with E-state index in [4.69, 9.17) is 0 Å². The van der Waals surface area contributed by atoms with Gasteiger partial charge >= 0.3 is 0 Å². The van der Waals surface area contributed by atoms with Crippen LogP contribution >= 0.6 is 27.7 Å². The normalized spacial score (nSPS) is 14.1. The summed E-state index contributed by atoms with van der Waals surface area (Å²) < 4.78 is 1.08. The molecule has 0 bridgehead atoms. The van der Waals surface area contributed by atoms with Gasteiger partial charge in [0.25, 0.3) is 0 Å². The second kappa shape index (κ2) is 6.02.